The predicted octanol–water partition coefficient (Wildman–Crippen LogP) is 6.97. The van der Waals surface area contributed by atoms with E-state index < -0.39 is 4.92 Å². The Bertz CT molecular complexity index is 691. The average molecular weight is 434 g/mol. The summed E-state index contributed by atoms with van der Waals surface area (Å²) in [6.07, 6.45) is 13.7. The van der Waals surface area contributed by atoms with Gasteiger partial charge >= 0.3 is 0 Å². The largest absolute Gasteiger partial charge is 0.326 e. The fourth-order valence-electron chi connectivity index (χ4n) is 3.44. The van der Waals surface area contributed by atoms with Crippen LogP contribution in [0.1, 0.15) is 104 Å². The minimum atomic E-state index is -0.526. The zero-order chi connectivity index (χ0) is 22.9. The Kier molecular flexibility index (Phi) is 14.0. The lowest BCUT2D eigenvalue weighted by molar-refractivity contribution is -0.383. The first-order valence-electron chi connectivity index (χ1n) is 11.9. The molecule has 0 aromatic heterocycles. The summed E-state index contributed by atoms with van der Waals surface area (Å²) in [7, 11) is 0. The molecule has 0 radical (unpaired) electrons. The van der Waals surface area contributed by atoms with Crippen LogP contribution in [-0.4, -0.2) is 16.7 Å². The van der Waals surface area contributed by atoms with E-state index in [1.165, 1.54) is 56.7 Å². The van der Waals surface area contributed by atoms with Crippen LogP contribution in [-0.2, 0) is 9.59 Å². The van der Waals surface area contributed by atoms with Gasteiger partial charge in [-0.05, 0) is 25.0 Å². The molecule has 0 bridgehead atoms. The molecule has 1 aromatic carbocycles. The van der Waals surface area contributed by atoms with Crippen molar-refractivity contribution in [2.24, 2.45) is 0 Å². The standard InChI is InChI=1S/C24H39N3O4/c1-3-5-7-9-11-13-15-23(28)25-20-17-18-22(27(30)31)21(19-20)26-24(29)16-14-12-10-8-6-4-2/h17-19H,3-16H2,1-2H3,(H,25,28)(H,26,29). The first kappa shape index (κ1) is 26.6. The lowest BCUT2D eigenvalue weighted by Gasteiger charge is -2.10. The highest BCUT2D eigenvalue weighted by atomic mass is 16.6. The first-order valence-corrected chi connectivity index (χ1v) is 11.9. The number of amides is 2. The summed E-state index contributed by atoms with van der Waals surface area (Å²) in [6, 6.07) is 4.29. The van der Waals surface area contributed by atoms with E-state index in [0.29, 0.717) is 18.5 Å². The van der Waals surface area contributed by atoms with Crippen molar-refractivity contribution in [3.05, 3.63) is 28.3 Å². The van der Waals surface area contributed by atoms with E-state index in [4.69, 9.17) is 0 Å². The van der Waals surface area contributed by atoms with Crippen molar-refractivity contribution in [3.8, 4) is 0 Å². The van der Waals surface area contributed by atoms with Gasteiger partial charge in [-0.3, -0.25) is 19.7 Å². The molecule has 0 spiro atoms. The van der Waals surface area contributed by atoms with E-state index in [-0.39, 0.29) is 23.2 Å². The smallest absolute Gasteiger partial charge is 0.292 e. The van der Waals surface area contributed by atoms with Crippen LogP contribution in [0.4, 0.5) is 17.1 Å². The SMILES string of the molecule is CCCCCCCCC(=O)Nc1ccc([N+](=O)[O-])c(NC(=O)CCCCCCCC)c1. The second-order valence-corrected chi connectivity index (χ2v) is 8.12. The number of carbonyl (C=O) groups excluding carboxylic acids is 2. The Balaban J connectivity index is 2.53. The maximum Gasteiger partial charge on any atom is 0.292 e. The van der Waals surface area contributed by atoms with Crippen LogP contribution in [0.25, 0.3) is 0 Å². The highest BCUT2D eigenvalue weighted by Gasteiger charge is 2.17. The molecular weight excluding hydrogens is 394 g/mol. The number of hydrogen-bond donors (Lipinski definition) is 2. The fraction of sp³-hybridized carbons (Fsp3) is 0.667. The van der Waals surface area contributed by atoms with Crippen molar-refractivity contribution in [2.45, 2.75) is 104 Å². The van der Waals surface area contributed by atoms with Crippen molar-refractivity contribution in [3.63, 3.8) is 0 Å². The van der Waals surface area contributed by atoms with Gasteiger partial charge in [0.25, 0.3) is 5.69 Å². The van der Waals surface area contributed by atoms with Crippen molar-refractivity contribution in [1.82, 2.24) is 0 Å². The lowest BCUT2D eigenvalue weighted by Crippen LogP contribution is -2.14. The van der Waals surface area contributed by atoms with Crippen LogP contribution in [0.15, 0.2) is 18.2 Å². The van der Waals surface area contributed by atoms with Crippen LogP contribution in [0.3, 0.4) is 0 Å². The van der Waals surface area contributed by atoms with Gasteiger partial charge < -0.3 is 10.6 Å². The molecule has 0 heterocycles. The second kappa shape index (κ2) is 16.3. The number of benzene rings is 1. The third-order valence-corrected chi connectivity index (χ3v) is 5.27. The summed E-state index contributed by atoms with van der Waals surface area (Å²) < 4.78 is 0. The monoisotopic (exact) mass is 433 g/mol. The Hall–Kier alpha value is -2.44. The number of nitrogens with zero attached hydrogens (tertiary/aromatic N) is 1. The highest BCUT2D eigenvalue weighted by Crippen LogP contribution is 2.28. The van der Waals surface area contributed by atoms with Crippen LogP contribution in [0.5, 0.6) is 0 Å². The maximum absolute atomic E-state index is 12.2. The molecule has 0 saturated carbocycles. The summed E-state index contributed by atoms with van der Waals surface area (Å²) in [6.45, 7) is 4.33. The van der Waals surface area contributed by atoms with Gasteiger partial charge in [0, 0.05) is 24.6 Å². The number of nitro groups is 1. The predicted molar refractivity (Wildman–Crippen MR) is 126 cm³/mol. The van der Waals surface area contributed by atoms with Gasteiger partial charge in [0.05, 0.1) is 4.92 Å². The molecule has 0 aliphatic rings. The number of hydrogen-bond acceptors (Lipinski definition) is 4. The Labute approximate surface area is 186 Å². The van der Waals surface area contributed by atoms with Gasteiger partial charge in [-0.25, -0.2) is 0 Å². The van der Waals surface area contributed by atoms with Gasteiger partial charge in [0.15, 0.2) is 0 Å². The van der Waals surface area contributed by atoms with Crippen LogP contribution in [0, 0.1) is 10.1 Å². The maximum atomic E-state index is 12.2. The molecule has 0 atom stereocenters. The van der Waals surface area contributed by atoms with Crippen molar-refractivity contribution < 1.29 is 14.5 Å². The number of nitrogens with one attached hydrogen (secondary N) is 2. The third-order valence-electron chi connectivity index (χ3n) is 5.27. The Morgan fingerprint density at radius 2 is 1.26 bits per heavy atom. The van der Waals surface area contributed by atoms with Gasteiger partial charge in [-0.15, -0.1) is 0 Å². The normalized spacial score (nSPS) is 10.6. The van der Waals surface area contributed by atoms with E-state index in [0.717, 1.165) is 38.5 Å². The van der Waals surface area contributed by atoms with Gasteiger partial charge in [-0.1, -0.05) is 78.1 Å². The molecular formula is C24H39N3O4. The molecule has 174 valence electrons. The second-order valence-electron chi connectivity index (χ2n) is 8.12. The van der Waals surface area contributed by atoms with Gasteiger partial charge in [-0.2, -0.15) is 0 Å². The van der Waals surface area contributed by atoms with Crippen LogP contribution < -0.4 is 10.6 Å². The number of nitro benzene ring substituents is 1. The van der Waals surface area contributed by atoms with Crippen molar-refractivity contribution in [1.29, 1.82) is 0 Å². The fourth-order valence-corrected chi connectivity index (χ4v) is 3.44. The highest BCUT2D eigenvalue weighted by molar-refractivity contribution is 5.96. The molecule has 0 aliphatic carbocycles. The van der Waals surface area contributed by atoms with Crippen LogP contribution in [0.2, 0.25) is 0 Å². The summed E-state index contributed by atoms with van der Waals surface area (Å²) in [5.41, 5.74) is 0.403. The molecule has 0 fully saturated rings. The summed E-state index contributed by atoms with van der Waals surface area (Å²) >= 11 is 0. The third kappa shape index (κ3) is 12.1. The lowest BCUT2D eigenvalue weighted by atomic mass is 10.1. The summed E-state index contributed by atoms with van der Waals surface area (Å²) in [5.74, 6) is -0.358. The Morgan fingerprint density at radius 3 is 1.77 bits per heavy atom. The van der Waals surface area contributed by atoms with E-state index in [1.807, 2.05) is 0 Å². The molecule has 0 unspecified atom stereocenters. The topological polar surface area (TPSA) is 101 Å². The van der Waals surface area contributed by atoms with Gasteiger partial charge in [0.2, 0.25) is 11.8 Å². The quantitative estimate of drug-likeness (QED) is 0.157. The molecule has 1 aromatic rings. The van der Waals surface area contributed by atoms with Crippen molar-refractivity contribution in [2.75, 3.05) is 10.6 Å². The minimum absolute atomic E-state index is 0.117. The summed E-state index contributed by atoms with van der Waals surface area (Å²) in [4.78, 5) is 35.2. The number of unbranched alkanes of at least 4 members (excludes halogenated alkanes) is 10. The van der Waals surface area contributed by atoms with Crippen molar-refractivity contribution >= 4 is 28.9 Å². The molecule has 2 amide bonds. The first-order chi connectivity index (χ1) is 15.0. The summed E-state index contributed by atoms with van der Waals surface area (Å²) in [5, 5.41) is 16.7. The zero-order valence-corrected chi connectivity index (χ0v) is 19.2. The number of carbonyl (C=O) groups is 2. The molecule has 2 N–H and O–H groups in total. The van der Waals surface area contributed by atoms with Crippen LogP contribution >= 0.6 is 0 Å². The number of rotatable bonds is 17. The zero-order valence-electron chi connectivity index (χ0n) is 19.2. The number of anilines is 2. The molecule has 0 saturated heterocycles. The van der Waals surface area contributed by atoms with E-state index >= 15 is 0 Å². The molecule has 1 rings (SSSR count). The van der Waals surface area contributed by atoms with E-state index in [1.54, 1.807) is 0 Å². The van der Waals surface area contributed by atoms with Gasteiger partial charge in [0.1, 0.15) is 5.69 Å². The molecule has 7 heteroatoms. The Morgan fingerprint density at radius 1 is 0.774 bits per heavy atom. The average Bonchev–Trinajstić information content (AvgIpc) is 2.73. The molecule has 7 nitrogen and oxygen atoms in total. The van der Waals surface area contributed by atoms with E-state index in [2.05, 4.69) is 24.5 Å². The minimum Gasteiger partial charge on any atom is -0.326 e. The molecule has 31 heavy (non-hydrogen) atoms. The molecule has 0 aliphatic heterocycles. The van der Waals surface area contributed by atoms with E-state index in [9.17, 15) is 19.7 Å².